The van der Waals surface area contributed by atoms with Crippen LogP contribution >= 0.6 is 34.4 Å². The Morgan fingerprint density at radius 2 is 1.70 bits per heavy atom. The van der Waals surface area contributed by atoms with Gasteiger partial charge < -0.3 is 14.3 Å². The quantitative estimate of drug-likeness (QED) is 0.185. The van der Waals surface area contributed by atoms with Crippen molar-refractivity contribution >= 4 is 40.4 Å². The number of carbonyl (C=O) groups is 1. The minimum absolute atomic E-state index is 0.117. The molecule has 3 aromatic rings. The molecule has 0 aliphatic carbocycles. The zero-order valence-electron chi connectivity index (χ0n) is 18.6. The lowest BCUT2D eigenvalue weighted by Gasteiger charge is -2.52. The Bertz CT molecular complexity index is 994. The number of hydrogen-bond acceptors (Lipinski definition) is 6. The maximum absolute atomic E-state index is 13.5. The van der Waals surface area contributed by atoms with Gasteiger partial charge in [-0.25, -0.2) is 4.79 Å². The molecule has 3 aliphatic heterocycles. The van der Waals surface area contributed by atoms with E-state index < -0.39 is 11.6 Å². The fourth-order valence-corrected chi connectivity index (χ4v) is 7.86. The number of carbonyl (C=O) groups excluding carboxylic acids is 1. The van der Waals surface area contributed by atoms with Crippen LogP contribution in [0.1, 0.15) is 29.0 Å². The van der Waals surface area contributed by atoms with Gasteiger partial charge in [0.25, 0.3) is 0 Å². The number of thioether (sulfide) groups is 1. The molecular weight excluding hydrogens is 470 g/mol. The first-order valence-electron chi connectivity index (χ1n) is 11.6. The summed E-state index contributed by atoms with van der Waals surface area (Å²) in [5.74, 6) is 0.988. The maximum Gasteiger partial charge on any atom is 0.349 e. The van der Waals surface area contributed by atoms with E-state index in [1.807, 2.05) is 46.8 Å². The highest BCUT2D eigenvalue weighted by molar-refractivity contribution is 7.99. The standard InChI is InChI=1S/C26H30NO3S3/c28-25(26(29,23-9-4-16-32-23)24-10-5-17-33-24)30-22-19-27(14-11-20(22)12-15-27)13-6-18-31-21-7-2-1-3-8-21/h1-5,7-10,16-17,20,22,29H,6,11-15,18-19H2/q+1. The molecule has 4 nitrogen and oxygen atoms in total. The smallest absolute Gasteiger partial charge is 0.349 e. The Balaban J connectivity index is 1.24. The number of aliphatic hydroxyl groups is 1. The van der Waals surface area contributed by atoms with Gasteiger partial charge in [0.2, 0.25) is 5.60 Å². The van der Waals surface area contributed by atoms with Crippen LogP contribution in [0.3, 0.4) is 0 Å². The lowest BCUT2D eigenvalue weighted by molar-refractivity contribution is -0.946. The number of nitrogens with zero attached hydrogens (tertiary/aromatic N) is 1. The zero-order chi connectivity index (χ0) is 22.7. The Morgan fingerprint density at radius 1 is 1.03 bits per heavy atom. The monoisotopic (exact) mass is 500 g/mol. The van der Waals surface area contributed by atoms with Crippen molar-refractivity contribution in [3.8, 4) is 0 Å². The number of hydrogen-bond donors (Lipinski definition) is 1. The predicted octanol–water partition coefficient (Wildman–Crippen LogP) is 5.38. The van der Waals surface area contributed by atoms with Gasteiger partial charge in [0.15, 0.2) is 6.10 Å². The summed E-state index contributed by atoms with van der Waals surface area (Å²) >= 11 is 4.71. The molecule has 3 aliphatic rings. The van der Waals surface area contributed by atoms with Crippen molar-refractivity contribution in [2.75, 3.05) is 31.9 Å². The summed E-state index contributed by atoms with van der Waals surface area (Å²) in [7, 11) is 0. The molecule has 1 aromatic carbocycles. The van der Waals surface area contributed by atoms with E-state index in [0.717, 1.165) is 42.6 Å². The SMILES string of the molecule is O=C(OC1C[N+]2(CCCSc3ccccc3)CCC1CC2)C(O)(c1cccs1)c1cccs1. The van der Waals surface area contributed by atoms with Gasteiger partial charge in [-0.1, -0.05) is 30.3 Å². The van der Waals surface area contributed by atoms with Crippen LogP contribution in [0.4, 0.5) is 0 Å². The molecule has 174 valence electrons. The van der Waals surface area contributed by atoms with Crippen LogP contribution in [0.25, 0.3) is 0 Å². The minimum atomic E-state index is -1.72. The molecule has 3 saturated heterocycles. The van der Waals surface area contributed by atoms with Crippen molar-refractivity contribution in [1.82, 2.24) is 0 Å². The first kappa shape index (κ1) is 23.1. The summed E-state index contributed by atoms with van der Waals surface area (Å²) in [6.07, 6.45) is 3.23. The highest BCUT2D eigenvalue weighted by atomic mass is 32.2. The van der Waals surface area contributed by atoms with Gasteiger partial charge in [0.05, 0.1) is 29.4 Å². The topological polar surface area (TPSA) is 46.5 Å². The molecule has 0 amide bonds. The van der Waals surface area contributed by atoms with Gasteiger partial charge in [-0.2, -0.15) is 0 Å². The molecule has 1 atom stereocenters. The van der Waals surface area contributed by atoms with Gasteiger partial charge in [-0.15, -0.1) is 34.4 Å². The highest BCUT2D eigenvalue weighted by Crippen LogP contribution is 2.40. The molecule has 6 rings (SSSR count). The number of ether oxygens (including phenoxy) is 1. The summed E-state index contributed by atoms with van der Waals surface area (Å²) in [4.78, 5) is 16.0. The van der Waals surface area contributed by atoms with E-state index in [1.165, 1.54) is 40.7 Å². The van der Waals surface area contributed by atoms with Gasteiger partial charge in [0, 0.05) is 35.8 Å². The molecule has 1 unspecified atom stereocenters. The largest absolute Gasteiger partial charge is 0.453 e. The number of thiophene rings is 2. The van der Waals surface area contributed by atoms with Crippen LogP contribution in [-0.2, 0) is 15.1 Å². The number of fused-ring (bicyclic) bond motifs is 3. The average molecular weight is 501 g/mol. The molecule has 0 saturated carbocycles. The van der Waals surface area contributed by atoms with E-state index in [0.29, 0.717) is 15.7 Å². The lowest BCUT2D eigenvalue weighted by atomic mass is 9.83. The van der Waals surface area contributed by atoms with Crippen LogP contribution in [0.5, 0.6) is 0 Å². The van der Waals surface area contributed by atoms with Gasteiger partial charge in [0.1, 0.15) is 6.54 Å². The van der Waals surface area contributed by atoms with Crippen molar-refractivity contribution < 1.29 is 19.1 Å². The second-order valence-corrected chi connectivity index (χ2v) is 12.2. The first-order valence-corrected chi connectivity index (χ1v) is 14.4. The van der Waals surface area contributed by atoms with Crippen molar-refractivity contribution in [2.45, 2.75) is 35.9 Å². The molecule has 0 radical (unpaired) electrons. The second-order valence-electron chi connectivity index (χ2n) is 9.16. The number of quaternary nitrogens is 1. The summed E-state index contributed by atoms with van der Waals surface area (Å²) in [5.41, 5.74) is -1.72. The normalized spacial score (nSPS) is 24.6. The number of benzene rings is 1. The molecule has 2 bridgehead atoms. The Morgan fingerprint density at radius 3 is 2.30 bits per heavy atom. The first-order chi connectivity index (χ1) is 16.1. The Kier molecular flexibility index (Phi) is 6.95. The van der Waals surface area contributed by atoms with E-state index in [-0.39, 0.29) is 6.10 Å². The predicted molar refractivity (Wildman–Crippen MR) is 136 cm³/mol. The fraction of sp³-hybridized carbons (Fsp3) is 0.423. The molecule has 3 fully saturated rings. The van der Waals surface area contributed by atoms with Crippen LogP contribution in [-0.4, -0.2) is 53.6 Å². The van der Waals surface area contributed by atoms with Crippen molar-refractivity contribution in [2.24, 2.45) is 5.92 Å². The van der Waals surface area contributed by atoms with E-state index in [1.54, 1.807) is 0 Å². The van der Waals surface area contributed by atoms with E-state index in [9.17, 15) is 9.90 Å². The van der Waals surface area contributed by atoms with Gasteiger partial charge >= 0.3 is 5.97 Å². The molecule has 5 heterocycles. The number of rotatable bonds is 9. The van der Waals surface area contributed by atoms with E-state index in [2.05, 4.69) is 30.3 Å². The molecular formula is C26H30NO3S3+. The molecule has 0 spiro atoms. The van der Waals surface area contributed by atoms with E-state index in [4.69, 9.17) is 4.74 Å². The minimum Gasteiger partial charge on any atom is -0.453 e. The summed E-state index contributed by atoms with van der Waals surface area (Å²) in [6, 6.07) is 17.9. The Labute approximate surface area is 207 Å². The van der Waals surface area contributed by atoms with Crippen LogP contribution in [0, 0.1) is 5.92 Å². The summed E-state index contributed by atoms with van der Waals surface area (Å²) in [6.45, 7) is 4.35. The van der Waals surface area contributed by atoms with E-state index >= 15 is 0 Å². The second kappa shape index (κ2) is 9.92. The number of esters is 1. The average Bonchev–Trinajstić information content (AvgIpc) is 3.58. The summed E-state index contributed by atoms with van der Waals surface area (Å²) < 4.78 is 7.18. The highest BCUT2D eigenvalue weighted by Gasteiger charge is 2.51. The van der Waals surface area contributed by atoms with Gasteiger partial charge in [-0.3, -0.25) is 0 Å². The number of piperidine rings is 3. The Hall–Kier alpha value is -1.64. The third kappa shape index (κ3) is 4.80. The molecule has 7 heteroatoms. The third-order valence-electron chi connectivity index (χ3n) is 7.14. The molecule has 2 aromatic heterocycles. The third-order valence-corrected chi connectivity index (χ3v) is 10.2. The van der Waals surface area contributed by atoms with Crippen molar-refractivity contribution in [3.63, 3.8) is 0 Å². The maximum atomic E-state index is 13.5. The fourth-order valence-electron chi connectivity index (χ4n) is 5.29. The van der Waals surface area contributed by atoms with Crippen molar-refractivity contribution in [1.29, 1.82) is 0 Å². The van der Waals surface area contributed by atoms with Crippen molar-refractivity contribution in [3.05, 3.63) is 75.1 Å². The molecule has 33 heavy (non-hydrogen) atoms. The van der Waals surface area contributed by atoms with Crippen LogP contribution in [0.15, 0.2) is 70.3 Å². The summed E-state index contributed by atoms with van der Waals surface area (Å²) in [5, 5.41) is 15.4. The van der Waals surface area contributed by atoms with Crippen LogP contribution < -0.4 is 0 Å². The lowest BCUT2D eigenvalue weighted by Crippen LogP contribution is -2.65. The van der Waals surface area contributed by atoms with Crippen LogP contribution in [0.2, 0.25) is 0 Å². The molecule has 1 N–H and O–H groups in total. The zero-order valence-corrected chi connectivity index (χ0v) is 21.0. The van der Waals surface area contributed by atoms with Gasteiger partial charge in [-0.05, 0) is 35.0 Å².